The molecule has 18 heavy (non-hydrogen) atoms. The van der Waals surface area contributed by atoms with E-state index in [1.807, 2.05) is 13.8 Å². The third-order valence-corrected chi connectivity index (χ3v) is 4.36. The summed E-state index contributed by atoms with van der Waals surface area (Å²) in [7, 11) is 0. The van der Waals surface area contributed by atoms with Crippen molar-refractivity contribution in [2.75, 3.05) is 19.6 Å². The fraction of sp³-hybridized carbons (Fsp3) is 1.00. The van der Waals surface area contributed by atoms with Crippen LogP contribution in [0.3, 0.4) is 0 Å². The minimum absolute atomic E-state index is 0.0200. The lowest BCUT2D eigenvalue weighted by atomic mass is 9.93. The molecule has 0 aromatic rings. The lowest BCUT2D eigenvalue weighted by molar-refractivity contribution is -0.156. The molecule has 1 N–H and O–H groups in total. The predicted molar refractivity (Wildman–Crippen MR) is 65.4 cm³/mol. The Morgan fingerprint density at radius 1 is 1.33 bits per heavy atom. The molecule has 0 spiro atoms. The Balaban J connectivity index is 2.00. The average Bonchev–Trinajstić information content (AvgIpc) is 3.09. The standard InChI is InChI=1S/C13H23F3N2/c1-3-9(2)12-6-17-11(10-4-5-10)7-18(12)8-13(14,15)16/h9-12,17H,3-8H2,1-2H3. The number of nitrogens with zero attached hydrogens (tertiary/aromatic N) is 1. The predicted octanol–water partition coefficient (Wildman–Crippen LogP) is 2.65. The summed E-state index contributed by atoms with van der Waals surface area (Å²) in [5, 5.41) is 3.45. The van der Waals surface area contributed by atoms with E-state index in [1.165, 1.54) is 12.8 Å². The summed E-state index contributed by atoms with van der Waals surface area (Å²) in [6.07, 6.45) is -0.816. The molecule has 0 amide bonds. The molecule has 2 rings (SSSR count). The van der Waals surface area contributed by atoms with E-state index in [2.05, 4.69) is 5.32 Å². The van der Waals surface area contributed by atoms with Crippen molar-refractivity contribution < 1.29 is 13.2 Å². The number of halogens is 3. The molecule has 0 aromatic carbocycles. The van der Waals surface area contributed by atoms with Crippen LogP contribution in [-0.4, -0.2) is 42.8 Å². The summed E-state index contributed by atoms with van der Waals surface area (Å²) in [6, 6.07) is 0.291. The Morgan fingerprint density at radius 2 is 2.00 bits per heavy atom. The van der Waals surface area contributed by atoms with Gasteiger partial charge in [-0.05, 0) is 24.7 Å². The molecule has 3 unspecified atom stereocenters. The highest BCUT2D eigenvalue weighted by molar-refractivity contribution is 4.96. The summed E-state index contributed by atoms with van der Waals surface area (Å²) >= 11 is 0. The molecule has 1 heterocycles. The smallest absolute Gasteiger partial charge is 0.311 e. The van der Waals surface area contributed by atoms with Crippen molar-refractivity contribution in [1.82, 2.24) is 10.2 Å². The van der Waals surface area contributed by atoms with E-state index in [0.29, 0.717) is 24.9 Å². The molecule has 1 aliphatic heterocycles. The largest absolute Gasteiger partial charge is 0.401 e. The van der Waals surface area contributed by atoms with Crippen LogP contribution < -0.4 is 5.32 Å². The van der Waals surface area contributed by atoms with Gasteiger partial charge >= 0.3 is 6.18 Å². The zero-order chi connectivity index (χ0) is 13.3. The molecular formula is C13H23F3N2. The molecule has 2 fully saturated rings. The van der Waals surface area contributed by atoms with Crippen molar-refractivity contribution in [2.45, 2.75) is 51.4 Å². The van der Waals surface area contributed by atoms with Gasteiger partial charge in [-0.3, -0.25) is 4.90 Å². The van der Waals surface area contributed by atoms with Gasteiger partial charge in [0, 0.05) is 25.2 Å². The van der Waals surface area contributed by atoms with Crippen molar-refractivity contribution in [2.24, 2.45) is 11.8 Å². The molecule has 0 aromatic heterocycles. The first kappa shape index (κ1) is 14.1. The van der Waals surface area contributed by atoms with Gasteiger partial charge in [0.1, 0.15) is 0 Å². The second kappa shape index (κ2) is 5.37. The molecule has 106 valence electrons. The van der Waals surface area contributed by atoms with Crippen molar-refractivity contribution in [3.05, 3.63) is 0 Å². The third kappa shape index (κ3) is 3.60. The van der Waals surface area contributed by atoms with Crippen LogP contribution in [0.25, 0.3) is 0 Å². The van der Waals surface area contributed by atoms with Gasteiger partial charge in [-0.2, -0.15) is 13.2 Å². The zero-order valence-corrected chi connectivity index (χ0v) is 11.1. The summed E-state index contributed by atoms with van der Waals surface area (Å²) in [4.78, 5) is 1.66. The van der Waals surface area contributed by atoms with Gasteiger partial charge in [-0.15, -0.1) is 0 Å². The molecule has 1 aliphatic carbocycles. The fourth-order valence-electron chi connectivity index (χ4n) is 2.91. The number of nitrogens with one attached hydrogen (secondary N) is 1. The Hall–Kier alpha value is -0.290. The number of piperazine rings is 1. The first-order valence-corrected chi connectivity index (χ1v) is 6.95. The van der Waals surface area contributed by atoms with E-state index in [9.17, 15) is 13.2 Å². The summed E-state index contributed by atoms with van der Waals surface area (Å²) < 4.78 is 38.0. The van der Waals surface area contributed by atoms with Crippen LogP contribution >= 0.6 is 0 Å². The van der Waals surface area contributed by atoms with Crippen molar-refractivity contribution in [3.8, 4) is 0 Å². The molecule has 2 aliphatic rings. The van der Waals surface area contributed by atoms with Gasteiger partial charge < -0.3 is 5.32 Å². The van der Waals surface area contributed by atoms with E-state index in [-0.39, 0.29) is 12.1 Å². The quantitative estimate of drug-likeness (QED) is 0.839. The average molecular weight is 264 g/mol. The maximum absolute atomic E-state index is 12.7. The number of hydrogen-bond acceptors (Lipinski definition) is 2. The van der Waals surface area contributed by atoms with Crippen LogP contribution in [0.15, 0.2) is 0 Å². The van der Waals surface area contributed by atoms with Gasteiger partial charge in [-0.25, -0.2) is 0 Å². The number of alkyl halides is 3. The first-order valence-electron chi connectivity index (χ1n) is 6.95. The van der Waals surface area contributed by atoms with Crippen LogP contribution in [0.2, 0.25) is 0 Å². The molecule has 2 nitrogen and oxygen atoms in total. The van der Waals surface area contributed by atoms with Crippen LogP contribution in [0, 0.1) is 11.8 Å². The van der Waals surface area contributed by atoms with Crippen LogP contribution in [-0.2, 0) is 0 Å². The van der Waals surface area contributed by atoms with Crippen molar-refractivity contribution in [1.29, 1.82) is 0 Å². The summed E-state index contributed by atoms with van der Waals surface area (Å²) in [6.45, 7) is 4.59. The first-order chi connectivity index (χ1) is 8.40. The maximum Gasteiger partial charge on any atom is 0.401 e. The molecule has 0 radical (unpaired) electrons. The van der Waals surface area contributed by atoms with Crippen LogP contribution in [0.5, 0.6) is 0 Å². The van der Waals surface area contributed by atoms with Crippen LogP contribution in [0.4, 0.5) is 13.2 Å². The van der Waals surface area contributed by atoms with Gasteiger partial charge in [0.05, 0.1) is 6.54 Å². The van der Waals surface area contributed by atoms with Crippen molar-refractivity contribution in [3.63, 3.8) is 0 Å². The van der Waals surface area contributed by atoms with E-state index in [0.717, 1.165) is 6.42 Å². The van der Waals surface area contributed by atoms with Crippen molar-refractivity contribution >= 4 is 0 Å². The summed E-state index contributed by atoms with van der Waals surface area (Å²) in [5.41, 5.74) is 0. The highest BCUT2D eigenvalue weighted by Gasteiger charge is 2.42. The SMILES string of the molecule is CCC(C)C1CNC(C2CC2)CN1CC(F)(F)F. The maximum atomic E-state index is 12.7. The van der Waals surface area contributed by atoms with E-state index in [1.54, 1.807) is 4.90 Å². The molecule has 1 saturated carbocycles. The normalized spacial score (nSPS) is 32.5. The Bertz CT molecular complexity index is 276. The molecular weight excluding hydrogens is 241 g/mol. The Kier molecular flexibility index (Phi) is 4.22. The molecule has 0 bridgehead atoms. The monoisotopic (exact) mass is 264 g/mol. The highest BCUT2D eigenvalue weighted by Crippen LogP contribution is 2.35. The fourth-order valence-corrected chi connectivity index (χ4v) is 2.91. The molecule has 1 saturated heterocycles. The Labute approximate surface area is 107 Å². The number of rotatable bonds is 4. The van der Waals surface area contributed by atoms with E-state index >= 15 is 0 Å². The number of hydrogen-bond donors (Lipinski definition) is 1. The van der Waals surface area contributed by atoms with Gasteiger partial charge in [0.25, 0.3) is 0 Å². The topological polar surface area (TPSA) is 15.3 Å². The lowest BCUT2D eigenvalue weighted by Crippen LogP contribution is -2.60. The van der Waals surface area contributed by atoms with E-state index in [4.69, 9.17) is 0 Å². The second-order valence-electron chi connectivity index (χ2n) is 5.85. The summed E-state index contributed by atoms with van der Waals surface area (Å²) in [5.74, 6) is 0.915. The van der Waals surface area contributed by atoms with Gasteiger partial charge in [0.2, 0.25) is 0 Å². The van der Waals surface area contributed by atoms with Crippen LogP contribution in [0.1, 0.15) is 33.1 Å². The zero-order valence-electron chi connectivity index (χ0n) is 11.1. The van der Waals surface area contributed by atoms with E-state index < -0.39 is 12.7 Å². The highest BCUT2D eigenvalue weighted by atomic mass is 19.4. The van der Waals surface area contributed by atoms with Gasteiger partial charge in [0.15, 0.2) is 0 Å². The molecule has 3 atom stereocenters. The lowest BCUT2D eigenvalue weighted by Gasteiger charge is -2.43. The molecule has 5 heteroatoms. The minimum atomic E-state index is -4.09. The minimum Gasteiger partial charge on any atom is -0.311 e. The third-order valence-electron chi connectivity index (χ3n) is 4.36. The second-order valence-corrected chi connectivity index (χ2v) is 5.85. The van der Waals surface area contributed by atoms with Gasteiger partial charge in [-0.1, -0.05) is 20.3 Å². The Morgan fingerprint density at radius 3 is 2.50 bits per heavy atom.